The van der Waals surface area contributed by atoms with Gasteiger partial charge in [-0.25, -0.2) is 9.50 Å². The molecule has 2 heterocycles. The highest BCUT2D eigenvalue weighted by Gasteiger charge is 2.22. The van der Waals surface area contributed by atoms with E-state index in [1.165, 1.54) is 22.7 Å². The SMILES string of the molecule is CCCc1nc(C)c2c(=O)[nH]c(-c3cc(S(=O)(=O)OC(C)C)ccc3OCC)nn12. The second kappa shape index (κ2) is 8.57. The van der Waals surface area contributed by atoms with Gasteiger partial charge in [0.25, 0.3) is 15.7 Å². The molecule has 2 aromatic heterocycles. The van der Waals surface area contributed by atoms with E-state index in [4.69, 9.17) is 8.92 Å². The summed E-state index contributed by atoms with van der Waals surface area (Å²) in [5.74, 6) is 1.26. The lowest BCUT2D eigenvalue weighted by atomic mass is 10.2. The molecule has 0 spiro atoms. The highest BCUT2D eigenvalue weighted by atomic mass is 32.2. The first kappa shape index (κ1) is 22.0. The first-order chi connectivity index (χ1) is 14.2. The number of fused-ring (bicyclic) bond motifs is 1. The standard InChI is InChI=1S/C20H26N4O5S/c1-6-8-17-21-13(5)18-20(25)22-19(23-24(17)18)15-11-14(9-10-16(15)28-7-2)30(26,27)29-12(3)4/h9-12H,6-8H2,1-5H3,(H,22,23,25). The number of aryl methyl sites for hydroxylation is 2. The molecule has 0 unspecified atom stereocenters. The number of rotatable bonds is 8. The van der Waals surface area contributed by atoms with E-state index in [-0.39, 0.29) is 16.3 Å². The van der Waals surface area contributed by atoms with Gasteiger partial charge in [0.05, 0.1) is 28.9 Å². The Hall–Kier alpha value is -2.72. The molecule has 0 saturated heterocycles. The van der Waals surface area contributed by atoms with Crippen LogP contribution in [-0.2, 0) is 20.7 Å². The van der Waals surface area contributed by atoms with Crippen molar-refractivity contribution in [3.8, 4) is 17.1 Å². The minimum Gasteiger partial charge on any atom is -0.493 e. The fourth-order valence-corrected chi connectivity index (χ4v) is 4.30. The van der Waals surface area contributed by atoms with Crippen molar-refractivity contribution >= 4 is 15.6 Å². The monoisotopic (exact) mass is 434 g/mol. The van der Waals surface area contributed by atoms with E-state index < -0.39 is 16.2 Å². The lowest BCUT2D eigenvalue weighted by Gasteiger charge is -2.13. The number of H-pyrrole nitrogens is 1. The normalized spacial score (nSPS) is 12.1. The molecule has 0 bridgehead atoms. The van der Waals surface area contributed by atoms with E-state index in [0.717, 1.165) is 6.42 Å². The lowest BCUT2D eigenvalue weighted by molar-refractivity contribution is 0.249. The summed E-state index contributed by atoms with van der Waals surface area (Å²) in [4.78, 5) is 19.9. The third-order valence-corrected chi connectivity index (χ3v) is 5.80. The fourth-order valence-electron chi connectivity index (χ4n) is 3.18. The molecule has 0 aliphatic heterocycles. The molecule has 9 nitrogen and oxygen atoms in total. The molecule has 0 fully saturated rings. The zero-order valence-electron chi connectivity index (χ0n) is 17.7. The summed E-state index contributed by atoms with van der Waals surface area (Å²) in [7, 11) is -3.98. The van der Waals surface area contributed by atoms with Crippen LogP contribution in [0, 0.1) is 6.92 Å². The molecule has 0 radical (unpaired) electrons. The van der Waals surface area contributed by atoms with Crippen molar-refractivity contribution in [3.05, 3.63) is 40.1 Å². The van der Waals surface area contributed by atoms with Crippen molar-refractivity contribution in [2.45, 2.75) is 58.5 Å². The van der Waals surface area contributed by atoms with Crippen molar-refractivity contribution in [1.82, 2.24) is 19.6 Å². The Kier molecular flexibility index (Phi) is 6.27. The van der Waals surface area contributed by atoms with E-state index in [1.807, 2.05) is 13.8 Å². The Morgan fingerprint density at radius 3 is 2.60 bits per heavy atom. The van der Waals surface area contributed by atoms with Crippen LogP contribution in [-0.4, -0.2) is 40.7 Å². The summed E-state index contributed by atoms with van der Waals surface area (Å²) in [6.07, 6.45) is 0.983. The van der Waals surface area contributed by atoms with Crippen LogP contribution >= 0.6 is 0 Å². The second-order valence-electron chi connectivity index (χ2n) is 7.12. The number of imidazole rings is 1. The summed E-state index contributed by atoms with van der Waals surface area (Å²) in [5, 5.41) is 4.56. The minimum absolute atomic E-state index is 0.0482. The zero-order chi connectivity index (χ0) is 22.1. The maximum atomic E-state index is 12.8. The van der Waals surface area contributed by atoms with Crippen LogP contribution in [0.4, 0.5) is 0 Å². The first-order valence-corrected chi connectivity index (χ1v) is 11.3. The molecule has 3 rings (SSSR count). The molecule has 30 heavy (non-hydrogen) atoms. The van der Waals surface area contributed by atoms with Crippen LogP contribution in [0.2, 0.25) is 0 Å². The Morgan fingerprint density at radius 1 is 1.23 bits per heavy atom. The topological polar surface area (TPSA) is 116 Å². The van der Waals surface area contributed by atoms with E-state index in [9.17, 15) is 13.2 Å². The van der Waals surface area contributed by atoms with Crippen LogP contribution in [0.25, 0.3) is 16.9 Å². The maximum Gasteiger partial charge on any atom is 0.297 e. The van der Waals surface area contributed by atoms with E-state index in [2.05, 4.69) is 15.1 Å². The van der Waals surface area contributed by atoms with E-state index >= 15 is 0 Å². The zero-order valence-corrected chi connectivity index (χ0v) is 18.5. The molecule has 0 aliphatic rings. The molecule has 162 valence electrons. The quantitative estimate of drug-likeness (QED) is 0.542. The van der Waals surface area contributed by atoms with Crippen molar-refractivity contribution < 1.29 is 17.3 Å². The lowest BCUT2D eigenvalue weighted by Crippen LogP contribution is -2.16. The van der Waals surface area contributed by atoms with Gasteiger partial charge in [-0.1, -0.05) is 6.92 Å². The average Bonchev–Trinajstić information content (AvgIpc) is 2.97. The number of hydrogen-bond acceptors (Lipinski definition) is 7. The van der Waals surface area contributed by atoms with Crippen molar-refractivity contribution in [3.63, 3.8) is 0 Å². The summed E-state index contributed by atoms with van der Waals surface area (Å²) in [6.45, 7) is 9.22. The van der Waals surface area contributed by atoms with Gasteiger partial charge < -0.3 is 9.72 Å². The summed E-state index contributed by atoms with van der Waals surface area (Å²) >= 11 is 0. The van der Waals surface area contributed by atoms with Crippen LogP contribution < -0.4 is 10.3 Å². The molecule has 10 heteroatoms. The van der Waals surface area contributed by atoms with Gasteiger partial charge in [-0.15, -0.1) is 5.10 Å². The highest BCUT2D eigenvalue weighted by Crippen LogP contribution is 2.31. The van der Waals surface area contributed by atoms with Crippen LogP contribution in [0.1, 0.15) is 45.6 Å². The van der Waals surface area contributed by atoms with Gasteiger partial charge in [-0.3, -0.25) is 8.98 Å². The predicted molar refractivity (Wildman–Crippen MR) is 112 cm³/mol. The molecule has 0 saturated carbocycles. The average molecular weight is 435 g/mol. The number of aromatic amines is 1. The van der Waals surface area contributed by atoms with Gasteiger partial charge in [0, 0.05) is 6.42 Å². The van der Waals surface area contributed by atoms with Crippen molar-refractivity contribution in [1.29, 1.82) is 0 Å². The molecule has 1 N–H and O–H groups in total. The Balaban J connectivity index is 2.25. The van der Waals surface area contributed by atoms with Gasteiger partial charge >= 0.3 is 0 Å². The van der Waals surface area contributed by atoms with Gasteiger partial charge in [-0.2, -0.15) is 8.42 Å². The van der Waals surface area contributed by atoms with Gasteiger partial charge in [0.1, 0.15) is 11.6 Å². The molecule has 0 amide bonds. The van der Waals surface area contributed by atoms with Gasteiger partial charge in [0.15, 0.2) is 11.3 Å². The van der Waals surface area contributed by atoms with Crippen molar-refractivity contribution in [2.24, 2.45) is 0 Å². The number of benzene rings is 1. The number of nitrogens with one attached hydrogen (secondary N) is 1. The van der Waals surface area contributed by atoms with E-state index in [0.29, 0.717) is 41.4 Å². The van der Waals surface area contributed by atoms with Crippen LogP contribution in [0.3, 0.4) is 0 Å². The fraction of sp³-hybridized carbons (Fsp3) is 0.450. The van der Waals surface area contributed by atoms with Gasteiger partial charge in [-0.05, 0) is 52.3 Å². The smallest absolute Gasteiger partial charge is 0.297 e. The van der Waals surface area contributed by atoms with Crippen LogP contribution in [0.15, 0.2) is 27.9 Å². The molecular weight excluding hydrogens is 408 g/mol. The first-order valence-electron chi connectivity index (χ1n) is 9.87. The number of nitrogens with zero attached hydrogens (tertiary/aromatic N) is 3. The van der Waals surface area contributed by atoms with Crippen molar-refractivity contribution in [2.75, 3.05) is 6.61 Å². The maximum absolute atomic E-state index is 12.8. The third kappa shape index (κ3) is 4.24. The largest absolute Gasteiger partial charge is 0.493 e. The molecule has 3 aromatic rings. The molecule has 1 aromatic carbocycles. The Morgan fingerprint density at radius 2 is 1.97 bits per heavy atom. The summed E-state index contributed by atoms with van der Waals surface area (Å²) < 4.78 is 37.4. The van der Waals surface area contributed by atoms with Crippen LogP contribution in [0.5, 0.6) is 5.75 Å². The third-order valence-electron chi connectivity index (χ3n) is 4.33. The Labute approximate surface area is 175 Å². The molecule has 0 atom stereocenters. The predicted octanol–water partition coefficient (Wildman–Crippen LogP) is 2.86. The number of ether oxygens (including phenoxy) is 1. The molecular formula is C20H26N4O5S. The van der Waals surface area contributed by atoms with Gasteiger partial charge in [0.2, 0.25) is 0 Å². The highest BCUT2D eigenvalue weighted by molar-refractivity contribution is 7.86. The summed E-state index contributed by atoms with van der Waals surface area (Å²) in [6, 6.07) is 4.34. The second-order valence-corrected chi connectivity index (χ2v) is 8.69. The number of hydrogen-bond donors (Lipinski definition) is 1. The molecule has 0 aliphatic carbocycles. The Bertz CT molecular complexity index is 1230. The number of aromatic nitrogens is 4. The summed E-state index contributed by atoms with van der Waals surface area (Å²) in [5.41, 5.74) is 0.942. The minimum atomic E-state index is -3.98. The van der Waals surface area contributed by atoms with E-state index in [1.54, 1.807) is 20.8 Å².